The van der Waals surface area contributed by atoms with Gasteiger partial charge in [-0.15, -0.1) is 6.42 Å². The highest BCUT2D eigenvalue weighted by Gasteiger charge is 2.27. The molecule has 1 saturated heterocycles. The van der Waals surface area contributed by atoms with E-state index in [2.05, 4.69) is 32.8 Å². The fourth-order valence-electron chi connectivity index (χ4n) is 3.72. The SMILES string of the molecule is C#Cc1ccc(C(=O)N2CCC(N(C)c3ncnc4[nH]ccc34)CC2)cc1Cl. The highest BCUT2D eigenvalue weighted by atomic mass is 35.5. The molecule has 1 N–H and O–H groups in total. The van der Waals surface area contributed by atoms with Crippen molar-refractivity contribution >= 4 is 34.4 Å². The number of carbonyl (C=O) groups excluding carboxylic acids is 1. The minimum Gasteiger partial charge on any atom is -0.356 e. The number of amides is 1. The van der Waals surface area contributed by atoms with E-state index in [9.17, 15) is 4.79 Å². The Labute approximate surface area is 168 Å². The third-order valence-electron chi connectivity index (χ3n) is 5.34. The zero-order valence-corrected chi connectivity index (χ0v) is 16.3. The molecule has 6 nitrogen and oxygen atoms in total. The maximum atomic E-state index is 12.8. The molecule has 0 saturated carbocycles. The van der Waals surface area contributed by atoms with Crippen LogP contribution in [0.15, 0.2) is 36.8 Å². The normalized spacial score (nSPS) is 14.8. The summed E-state index contributed by atoms with van der Waals surface area (Å²) in [5.74, 6) is 3.41. The van der Waals surface area contributed by atoms with Crippen LogP contribution in [0.4, 0.5) is 5.82 Å². The first-order valence-electron chi connectivity index (χ1n) is 9.15. The van der Waals surface area contributed by atoms with Crippen molar-refractivity contribution in [3.63, 3.8) is 0 Å². The zero-order chi connectivity index (χ0) is 19.7. The number of hydrogen-bond acceptors (Lipinski definition) is 4. The molecule has 3 aromatic rings. The number of benzene rings is 1. The average Bonchev–Trinajstić information content (AvgIpc) is 3.21. The third-order valence-corrected chi connectivity index (χ3v) is 5.65. The molecule has 0 aliphatic carbocycles. The zero-order valence-electron chi connectivity index (χ0n) is 15.5. The molecular formula is C21H20ClN5O. The molecule has 0 spiro atoms. The predicted octanol–water partition coefficient (Wildman–Crippen LogP) is 3.33. The van der Waals surface area contributed by atoms with Gasteiger partial charge in [-0.3, -0.25) is 4.79 Å². The van der Waals surface area contributed by atoms with E-state index in [-0.39, 0.29) is 5.91 Å². The second-order valence-electron chi connectivity index (χ2n) is 6.91. The molecule has 142 valence electrons. The summed E-state index contributed by atoms with van der Waals surface area (Å²) in [5.41, 5.74) is 2.00. The Kier molecular flexibility index (Phi) is 4.93. The van der Waals surface area contributed by atoms with Crippen LogP contribution >= 0.6 is 11.6 Å². The quantitative estimate of drug-likeness (QED) is 0.693. The molecule has 0 atom stereocenters. The monoisotopic (exact) mass is 393 g/mol. The summed E-state index contributed by atoms with van der Waals surface area (Å²) in [7, 11) is 2.05. The first-order chi connectivity index (χ1) is 13.6. The van der Waals surface area contributed by atoms with Crippen molar-refractivity contribution in [2.24, 2.45) is 0 Å². The molecule has 4 rings (SSSR count). The van der Waals surface area contributed by atoms with E-state index in [1.54, 1.807) is 24.5 Å². The second kappa shape index (κ2) is 7.53. The number of aromatic nitrogens is 3. The number of likely N-dealkylation sites (tertiary alicyclic amines) is 1. The molecular weight excluding hydrogens is 374 g/mol. The standard InChI is InChI=1S/C21H20ClN5O/c1-3-14-4-5-15(12-18(14)22)21(28)27-10-7-16(8-11-27)26(2)20-17-6-9-23-19(17)24-13-25-20/h1,4-6,9,12-13,16H,7-8,10-11H2,2H3,(H,23,24,25). The number of terminal acetylenes is 1. The predicted molar refractivity (Wildman–Crippen MR) is 111 cm³/mol. The summed E-state index contributed by atoms with van der Waals surface area (Å²) < 4.78 is 0. The van der Waals surface area contributed by atoms with Gasteiger partial charge in [0, 0.05) is 43.5 Å². The first-order valence-corrected chi connectivity index (χ1v) is 9.52. The molecule has 28 heavy (non-hydrogen) atoms. The van der Waals surface area contributed by atoms with Crippen molar-refractivity contribution < 1.29 is 4.79 Å². The first kappa shape index (κ1) is 18.3. The number of anilines is 1. The van der Waals surface area contributed by atoms with Crippen LogP contribution in [0.3, 0.4) is 0 Å². The molecule has 2 aromatic heterocycles. The second-order valence-corrected chi connectivity index (χ2v) is 7.32. The van der Waals surface area contributed by atoms with Crippen molar-refractivity contribution in [3.8, 4) is 12.3 Å². The van der Waals surface area contributed by atoms with Crippen molar-refractivity contribution in [2.45, 2.75) is 18.9 Å². The van der Waals surface area contributed by atoms with Gasteiger partial charge in [0.25, 0.3) is 5.91 Å². The van der Waals surface area contributed by atoms with E-state index in [1.807, 2.05) is 17.2 Å². The summed E-state index contributed by atoms with van der Waals surface area (Å²) in [4.78, 5) is 28.7. The Bertz CT molecular complexity index is 1060. The molecule has 0 bridgehead atoms. The Balaban J connectivity index is 1.44. The molecule has 1 fully saturated rings. The maximum absolute atomic E-state index is 12.8. The number of aromatic amines is 1. The van der Waals surface area contributed by atoms with Crippen LogP contribution in [0.5, 0.6) is 0 Å². The van der Waals surface area contributed by atoms with E-state index >= 15 is 0 Å². The lowest BCUT2D eigenvalue weighted by atomic mass is 10.0. The summed E-state index contributed by atoms with van der Waals surface area (Å²) >= 11 is 6.15. The van der Waals surface area contributed by atoms with Gasteiger partial charge in [-0.2, -0.15) is 0 Å². The van der Waals surface area contributed by atoms with Crippen LogP contribution < -0.4 is 4.90 Å². The summed E-state index contributed by atoms with van der Waals surface area (Å²) in [6.07, 6.45) is 10.6. The van der Waals surface area contributed by atoms with Crippen molar-refractivity contribution in [3.05, 3.63) is 52.9 Å². The lowest BCUT2D eigenvalue weighted by Crippen LogP contribution is -2.46. The van der Waals surface area contributed by atoms with Crippen LogP contribution in [0, 0.1) is 12.3 Å². The smallest absolute Gasteiger partial charge is 0.253 e. The number of carbonyl (C=O) groups is 1. The van der Waals surface area contributed by atoms with E-state index in [1.165, 1.54) is 0 Å². The van der Waals surface area contributed by atoms with Crippen LogP contribution in [0.2, 0.25) is 5.02 Å². The number of fused-ring (bicyclic) bond motifs is 1. The third kappa shape index (κ3) is 3.30. The van der Waals surface area contributed by atoms with Gasteiger partial charge in [-0.25, -0.2) is 9.97 Å². The van der Waals surface area contributed by atoms with Gasteiger partial charge in [0.1, 0.15) is 17.8 Å². The number of rotatable bonds is 3. The topological polar surface area (TPSA) is 65.1 Å². The fourth-order valence-corrected chi connectivity index (χ4v) is 3.95. The van der Waals surface area contributed by atoms with Gasteiger partial charge in [-0.1, -0.05) is 17.5 Å². The molecule has 0 radical (unpaired) electrons. The highest BCUT2D eigenvalue weighted by molar-refractivity contribution is 6.32. The van der Waals surface area contributed by atoms with Crippen LogP contribution in [-0.4, -0.2) is 51.9 Å². The van der Waals surface area contributed by atoms with Crippen molar-refractivity contribution in [1.29, 1.82) is 0 Å². The molecule has 1 aromatic carbocycles. The van der Waals surface area contributed by atoms with Gasteiger partial charge < -0.3 is 14.8 Å². The summed E-state index contributed by atoms with van der Waals surface area (Å²) in [6, 6.07) is 7.41. The van der Waals surface area contributed by atoms with Crippen molar-refractivity contribution in [1.82, 2.24) is 19.9 Å². The fraction of sp³-hybridized carbons (Fsp3) is 0.286. The largest absolute Gasteiger partial charge is 0.356 e. The average molecular weight is 394 g/mol. The Morgan fingerprint density at radius 3 is 2.82 bits per heavy atom. The van der Waals surface area contributed by atoms with E-state index in [0.29, 0.717) is 35.3 Å². The van der Waals surface area contributed by atoms with Gasteiger partial charge in [-0.05, 0) is 37.1 Å². The van der Waals surface area contributed by atoms with E-state index < -0.39 is 0 Å². The van der Waals surface area contributed by atoms with Crippen LogP contribution in [-0.2, 0) is 0 Å². The Morgan fingerprint density at radius 2 is 2.11 bits per heavy atom. The number of piperidine rings is 1. The van der Waals surface area contributed by atoms with Crippen LogP contribution in [0.25, 0.3) is 11.0 Å². The van der Waals surface area contributed by atoms with Gasteiger partial charge >= 0.3 is 0 Å². The molecule has 7 heteroatoms. The molecule has 1 aliphatic heterocycles. The van der Waals surface area contributed by atoms with Gasteiger partial charge in [0.15, 0.2) is 0 Å². The Morgan fingerprint density at radius 1 is 1.32 bits per heavy atom. The minimum absolute atomic E-state index is 0.0124. The van der Waals surface area contributed by atoms with E-state index in [4.69, 9.17) is 18.0 Å². The number of nitrogens with one attached hydrogen (secondary N) is 1. The van der Waals surface area contributed by atoms with Gasteiger partial charge in [0.05, 0.1) is 10.4 Å². The molecule has 1 aliphatic rings. The maximum Gasteiger partial charge on any atom is 0.253 e. The molecule has 1 amide bonds. The minimum atomic E-state index is -0.0124. The Hall–Kier alpha value is -3.04. The van der Waals surface area contributed by atoms with Gasteiger partial charge in [0.2, 0.25) is 0 Å². The number of hydrogen-bond donors (Lipinski definition) is 1. The number of nitrogens with zero attached hydrogens (tertiary/aromatic N) is 4. The van der Waals surface area contributed by atoms with Crippen molar-refractivity contribution in [2.75, 3.05) is 25.0 Å². The summed E-state index contributed by atoms with van der Waals surface area (Å²) in [5, 5.41) is 1.44. The highest BCUT2D eigenvalue weighted by Crippen LogP contribution is 2.27. The molecule has 0 unspecified atom stereocenters. The lowest BCUT2D eigenvalue weighted by Gasteiger charge is -2.37. The lowest BCUT2D eigenvalue weighted by molar-refractivity contribution is 0.0713. The molecule has 3 heterocycles. The number of H-pyrrole nitrogens is 1. The van der Waals surface area contributed by atoms with Crippen LogP contribution in [0.1, 0.15) is 28.8 Å². The summed E-state index contributed by atoms with van der Waals surface area (Å²) in [6.45, 7) is 1.37. The number of halogens is 1. The van der Waals surface area contributed by atoms with E-state index in [0.717, 1.165) is 29.7 Å².